The summed E-state index contributed by atoms with van der Waals surface area (Å²) in [6.07, 6.45) is 1.43. The van der Waals surface area contributed by atoms with Crippen molar-refractivity contribution in [2.45, 2.75) is 0 Å². The van der Waals surface area contributed by atoms with Crippen LogP contribution in [0.1, 0.15) is 0 Å². The lowest BCUT2D eigenvalue weighted by Gasteiger charge is -2.11. The summed E-state index contributed by atoms with van der Waals surface area (Å²) in [5.74, 6) is 0.0661. The van der Waals surface area contributed by atoms with Crippen molar-refractivity contribution in [3.05, 3.63) is 24.3 Å². The molecule has 38 heavy (non-hydrogen) atoms. The van der Waals surface area contributed by atoms with Crippen LogP contribution in [0.2, 0.25) is 0 Å². The molecule has 0 bridgehead atoms. The number of hydrogen-bond acceptors (Lipinski definition) is 18. The number of ether oxygens (including phenoxy) is 2. The molecule has 0 amide bonds. The first-order valence-corrected chi connectivity index (χ1v) is 12.9. The van der Waals surface area contributed by atoms with Gasteiger partial charge in [0, 0.05) is 36.2 Å². The number of benzene rings is 1. The van der Waals surface area contributed by atoms with Gasteiger partial charge in [0.1, 0.15) is 0 Å². The lowest BCUT2D eigenvalue weighted by Crippen LogP contribution is -2.16. The van der Waals surface area contributed by atoms with Crippen LogP contribution in [0.15, 0.2) is 29.3 Å². The Balaban J connectivity index is 1.73. The second-order valence-corrected chi connectivity index (χ2v) is 8.97. The van der Waals surface area contributed by atoms with Gasteiger partial charge < -0.3 is 25.4 Å². The standard InChI is InChI=1S/C18H22N10O8S2/c1-33-17-25-13(19-6-8-37-36-35-29)23-15(27-17)21-11-4-3-5-12(10-11)22-16-24-14(26-18(28-16)34-2)20-7-9-38(30,31)32/h3-6,10,29H,7-9H2,1-2H3,(H,30,31,32)(H,21,23,25,27)(H2,20,22,24,26,28)/b19-6-. The van der Waals surface area contributed by atoms with Crippen molar-refractivity contribution in [3.8, 4) is 12.0 Å². The van der Waals surface area contributed by atoms with Gasteiger partial charge >= 0.3 is 12.0 Å². The highest BCUT2D eigenvalue weighted by Gasteiger charge is 2.11. The minimum Gasteiger partial charge on any atom is -0.467 e. The molecular weight excluding hydrogens is 548 g/mol. The normalized spacial score (nSPS) is 11.4. The average Bonchev–Trinajstić information content (AvgIpc) is 2.87. The van der Waals surface area contributed by atoms with Gasteiger partial charge in [-0.1, -0.05) is 11.1 Å². The molecule has 1 aromatic carbocycles. The Labute approximate surface area is 220 Å². The summed E-state index contributed by atoms with van der Waals surface area (Å²) in [5.41, 5.74) is 1.14. The lowest BCUT2D eigenvalue weighted by molar-refractivity contribution is -0.432. The predicted molar refractivity (Wildman–Crippen MR) is 136 cm³/mol. The van der Waals surface area contributed by atoms with Gasteiger partial charge in [0.25, 0.3) is 16.1 Å². The van der Waals surface area contributed by atoms with E-state index in [-0.39, 0.29) is 48.1 Å². The monoisotopic (exact) mass is 570 g/mol. The van der Waals surface area contributed by atoms with Gasteiger partial charge in [-0.05, 0) is 18.2 Å². The smallest absolute Gasteiger partial charge is 0.322 e. The molecule has 204 valence electrons. The predicted octanol–water partition coefficient (Wildman–Crippen LogP) is 1.63. The topological polar surface area (TPSA) is 237 Å². The van der Waals surface area contributed by atoms with E-state index < -0.39 is 15.9 Å². The number of nitrogens with one attached hydrogen (secondary N) is 3. The molecule has 0 radical (unpaired) electrons. The molecule has 3 rings (SSSR count). The zero-order chi connectivity index (χ0) is 27.4. The molecule has 0 saturated carbocycles. The molecule has 5 N–H and O–H groups in total. The maximum absolute atomic E-state index is 10.9. The summed E-state index contributed by atoms with van der Waals surface area (Å²) >= 11 is 0.793. The number of hydrogen-bond donors (Lipinski definition) is 5. The minimum atomic E-state index is -4.15. The summed E-state index contributed by atoms with van der Waals surface area (Å²) in [5, 5.41) is 20.3. The number of methoxy groups -OCH3 is 2. The third-order valence-corrected chi connectivity index (χ3v) is 5.19. The van der Waals surface area contributed by atoms with E-state index in [4.69, 9.17) is 19.3 Å². The van der Waals surface area contributed by atoms with Crippen LogP contribution in [0.5, 0.6) is 12.0 Å². The molecule has 0 aliphatic carbocycles. The molecule has 0 saturated heterocycles. The zero-order valence-corrected chi connectivity index (χ0v) is 21.4. The van der Waals surface area contributed by atoms with Gasteiger partial charge in [0.2, 0.25) is 17.8 Å². The van der Waals surface area contributed by atoms with Crippen molar-refractivity contribution in [3.63, 3.8) is 0 Å². The highest BCUT2D eigenvalue weighted by molar-refractivity contribution is 7.95. The zero-order valence-electron chi connectivity index (χ0n) is 19.8. The van der Waals surface area contributed by atoms with Gasteiger partial charge in [-0.15, -0.1) is 4.33 Å². The first-order valence-electron chi connectivity index (χ1n) is 10.3. The Bertz CT molecular complexity index is 1350. The molecule has 2 aromatic heterocycles. The SMILES string of the molecule is COc1nc(/N=C\CSOOO)nc(Nc2cccc(Nc3nc(NCCS(=O)(=O)O)nc(OC)n3)c2)n1. The number of aliphatic imine (C=N–C) groups is 1. The fourth-order valence-corrected chi connectivity index (χ4v) is 3.15. The molecular formula is C18H22N10O8S2. The van der Waals surface area contributed by atoms with Gasteiger partial charge in [-0.2, -0.15) is 38.3 Å². The van der Waals surface area contributed by atoms with Crippen molar-refractivity contribution in [2.75, 3.05) is 48.2 Å². The van der Waals surface area contributed by atoms with Crippen molar-refractivity contribution in [1.82, 2.24) is 29.9 Å². The van der Waals surface area contributed by atoms with Crippen molar-refractivity contribution >= 4 is 63.5 Å². The van der Waals surface area contributed by atoms with Gasteiger partial charge in [0.05, 0.1) is 25.7 Å². The Hall–Kier alpha value is -3.95. The molecule has 0 fully saturated rings. The molecule has 0 spiro atoms. The molecule has 18 nitrogen and oxygen atoms in total. The second kappa shape index (κ2) is 14.1. The first-order chi connectivity index (χ1) is 18.3. The fourth-order valence-electron chi connectivity index (χ4n) is 2.56. The Morgan fingerprint density at radius 3 is 2.24 bits per heavy atom. The highest BCUT2D eigenvalue weighted by Crippen LogP contribution is 2.23. The van der Waals surface area contributed by atoms with Crippen LogP contribution in [-0.4, -0.2) is 86.6 Å². The van der Waals surface area contributed by atoms with Gasteiger partial charge in [-0.25, -0.2) is 10.2 Å². The molecule has 0 unspecified atom stereocenters. The Morgan fingerprint density at radius 2 is 1.61 bits per heavy atom. The average molecular weight is 571 g/mol. The molecule has 0 atom stereocenters. The maximum Gasteiger partial charge on any atom is 0.322 e. The second-order valence-electron chi connectivity index (χ2n) is 6.70. The van der Waals surface area contributed by atoms with Crippen LogP contribution < -0.4 is 25.4 Å². The van der Waals surface area contributed by atoms with E-state index in [2.05, 4.69) is 60.2 Å². The van der Waals surface area contributed by atoms with E-state index in [0.717, 1.165) is 12.0 Å². The van der Waals surface area contributed by atoms with E-state index in [1.54, 1.807) is 24.3 Å². The van der Waals surface area contributed by atoms with Crippen LogP contribution in [0.3, 0.4) is 0 Å². The lowest BCUT2D eigenvalue weighted by atomic mass is 10.3. The Kier molecular flexibility index (Phi) is 10.6. The maximum atomic E-state index is 10.9. The van der Waals surface area contributed by atoms with Crippen LogP contribution in [0.4, 0.5) is 35.2 Å². The van der Waals surface area contributed by atoms with Crippen molar-refractivity contribution in [1.29, 1.82) is 0 Å². The van der Waals surface area contributed by atoms with Crippen molar-refractivity contribution in [2.24, 2.45) is 4.99 Å². The number of nitrogens with zero attached hydrogens (tertiary/aromatic N) is 7. The first kappa shape index (κ1) is 28.6. The molecule has 20 heteroatoms. The molecule has 3 aromatic rings. The van der Waals surface area contributed by atoms with Gasteiger partial charge in [-0.3, -0.25) is 4.55 Å². The third-order valence-electron chi connectivity index (χ3n) is 4.03. The van der Waals surface area contributed by atoms with Crippen molar-refractivity contribution < 1.29 is 37.1 Å². The van der Waals surface area contributed by atoms with E-state index >= 15 is 0 Å². The third kappa shape index (κ3) is 9.84. The molecule has 0 aliphatic heterocycles. The van der Waals surface area contributed by atoms with Crippen LogP contribution >= 0.6 is 12.0 Å². The number of aromatic nitrogens is 6. The molecule has 0 aliphatic rings. The molecule has 2 heterocycles. The number of rotatable bonds is 15. The van der Waals surface area contributed by atoms with Crippen LogP contribution in [-0.2, 0) is 19.5 Å². The summed E-state index contributed by atoms with van der Waals surface area (Å²) in [6.45, 7) is -0.129. The van der Waals surface area contributed by atoms with Crippen LogP contribution in [0, 0.1) is 0 Å². The summed E-state index contributed by atoms with van der Waals surface area (Å²) in [7, 11) is -1.39. The summed E-state index contributed by atoms with van der Waals surface area (Å²) in [4.78, 5) is 28.7. The van der Waals surface area contributed by atoms with Crippen LogP contribution in [0.25, 0.3) is 0 Å². The van der Waals surface area contributed by atoms with E-state index in [1.165, 1.54) is 20.4 Å². The van der Waals surface area contributed by atoms with Gasteiger partial charge in [0.15, 0.2) is 0 Å². The minimum absolute atomic E-state index is 0.0228. The summed E-state index contributed by atoms with van der Waals surface area (Å²) < 4.78 is 45.2. The Morgan fingerprint density at radius 1 is 0.974 bits per heavy atom. The van der Waals surface area contributed by atoms with E-state index in [0.29, 0.717) is 11.4 Å². The number of anilines is 5. The fraction of sp³-hybridized carbons (Fsp3) is 0.278. The highest BCUT2D eigenvalue weighted by atomic mass is 32.2. The van der Waals surface area contributed by atoms with E-state index in [1.807, 2.05) is 0 Å². The largest absolute Gasteiger partial charge is 0.467 e. The van der Waals surface area contributed by atoms with E-state index in [9.17, 15) is 8.42 Å². The summed E-state index contributed by atoms with van der Waals surface area (Å²) in [6, 6.07) is 6.95. The quantitative estimate of drug-likeness (QED) is 0.0435.